The van der Waals surface area contributed by atoms with Crippen molar-refractivity contribution >= 4 is 12.1 Å². The second-order valence-corrected chi connectivity index (χ2v) is 4.91. The monoisotopic (exact) mass is 294 g/mol. The van der Waals surface area contributed by atoms with E-state index in [9.17, 15) is 0 Å². The molecule has 0 radical (unpaired) electrons. The van der Waals surface area contributed by atoms with Gasteiger partial charge in [-0.1, -0.05) is 18.2 Å². The largest absolute Gasteiger partial charge is 0.494 e. The maximum absolute atomic E-state index is 5.74. The van der Waals surface area contributed by atoms with Crippen LogP contribution in [-0.2, 0) is 0 Å². The highest BCUT2D eigenvalue weighted by Gasteiger charge is 2.02. The Morgan fingerprint density at radius 1 is 0.864 bits per heavy atom. The van der Waals surface area contributed by atoms with Crippen LogP contribution in [0.25, 0.3) is 0 Å². The van der Waals surface area contributed by atoms with Crippen molar-refractivity contribution in [1.82, 2.24) is 0 Å². The number of hydrogen-bond acceptors (Lipinski definition) is 4. The zero-order valence-corrected chi connectivity index (χ0v) is 12.3. The summed E-state index contributed by atoms with van der Waals surface area (Å²) in [5.41, 5.74) is 0. The van der Waals surface area contributed by atoms with E-state index in [2.05, 4.69) is 9.98 Å². The summed E-state index contributed by atoms with van der Waals surface area (Å²) < 4.78 is 11.4. The third-order valence-corrected chi connectivity index (χ3v) is 3.21. The molecular formula is C18H18N2O2. The molecule has 0 amide bonds. The Balaban J connectivity index is 1.44. The van der Waals surface area contributed by atoms with Crippen molar-refractivity contribution < 1.29 is 9.47 Å². The normalized spacial score (nSPS) is 13.0. The third-order valence-electron chi connectivity index (χ3n) is 3.21. The van der Waals surface area contributed by atoms with E-state index in [1.807, 2.05) is 60.8 Å². The second-order valence-electron chi connectivity index (χ2n) is 4.91. The van der Waals surface area contributed by atoms with Gasteiger partial charge in [0.15, 0.2) is 0 Å². The SMILES string of the molecule is C1=NC(CCCOc2ccc(Oc3ccccc3)cc2)=NC1. The predicted molar refractivity (Wildman–Crippen MR) is 88.5 cm³/mol. The summed E-state index contributed by atoms with van der Waals surface area (Å²) >= 11 is 0. The van der Waals surface area contributed by atoms with Crippen molar-refractivity contribution in [3.8, 4) is 17.2 Å². The molecule has 0 saturated heterocycles. The fourth-order valence-electron chi connectivity index (χ4n) is 2.13. The second kappa shape index (κ2) is 7.41. The fraction of sp³-hybridized carbons (Fsp3) is 0.222. The molecule has 1 aliphatic rings. The molecule has 3 rings (SSSR count). The first kappa shape index (κ1) is 14.3. The summed E-state index contributed by atoms with van der Waals surface area (Å²) in [5.74, 6) is 3.40. The van der Waals surface area contributed by atoms with Crippen LogP contribution < -0.4 is 9.47 Å². The molecular weight excluding hydrogens is 276 g/mol. The van der Waals surface area contributed by atoms with Gasteiger partial charge in [-0.2, -0.15) is 0 Å². The highest BCUT2D eigenvalue weighted by atomic mass is 16.5. The van der Waals surface area contributed by atoms with Gasteiger partial charge in [-0.15, -0.1) is 0 Å². The van der Waals surface area contributed by atoms with E-state index in [1.165, 1.54) is 0 Å². The zero-order valence-electron chi connectivity index (χ0n) is 12.3. The summed E-state index contributed by atoms with van der Waals surface area (Å²) in [6, 6.07) is 17.4. The van der Waals surface area contributed by atoms with E-state index < -0.39 is 0 Å². The summed E-state index contributed by atoms with van der Waals surface area (Å²) in [6.07, 6.45) is 3.62. The Kier molecular flexibility index (Phi) is 4.82. The molecule has 0 aromatic heterocycles. The van der Waals surface area contributed by atoms with Crippen molar-refractivity contribution in [3.63, 3.8) is 0 Å². The van der Waals surface area contributed by atoms with Crippen LogP contribution in [0.15, 0.2) is 64.6 Å². The Hall–Kier alpha value is -2.62. The standard InChI is InChI=1S/C18H18N2O2/c1-2-5-16(6-3-1)22-17-10-8-15(9-11-17)21-14-4-7-18-19-12-13-20-18/h1-3,5-6,8-12H,4,7,13-14H2. The number of hydrogen-bond donors (Lipinski definition) is 0. The highest BCUT2D eigenvalue weighted by molar-refractivity contribution is 5.94. The predicted octanol–water partition coefficient (Wildman–Crippen LogP) is 4.12. The number of amidine groups is 1. The molecule has 2 aromatic carbocycles. The molecule has 1 heterocycles. The molecule has 112 valence electrons. The lowest BCUT2D eigenvalue weighted by molar-refractivity contribution is 0.313. The quantitative estimate of drug-likeness (QED) is 0.721. The molecule has 0 bridgehead atoms. The molecule has 0 unspecified atom stereocenters. The van der Waals surface area contributed by atoms with Gasteiger partial charge in [-0.25, -0.2) is 4.99 Å². The van der Waals surface area contributed by atoms with Gasteiger partial charge in [0, 0.05) is 12.6 Å². The maximum Gasteiger partial charge on any atom is 0.127 e. The van der Waals surface area contributed by atoms with Crippen molar-refractivity contribution in [1.29, 1.82) is 0 Å². The lowest BCUT2D eigenvalue weighted by atomic mass is 10.3. The first-order valence-electron chi connectivity index (χ1n) is 7.42. The van der Waals surface area contributed by atoms with E-state index in [1.54, 1.807) is 0 Å². The minimum absolute atomic E-state index is 0.660. The molecule has 0 spiro atoms. The van der Waals surface area contributed by atoms with Crippen LogP contribution in [0, 0.1) is 0 Å². The van der Waals surface area contributed by atoms with Crippen molar-refractivity contribution in [2.75, 3.05) is 13.2 Å². The minimum Gasteiger partial charge on any atom is -0.494 e. The molecule has 4 heteroatoms. The highest BCUT2D eigenvalue weighted by Crippen LogP contribution is 2.23. The van der Waals surface area contributed by atoms with Gasteiger partial charge in [-0.05, 0) is 42.8 Å². The van der Waals surface area contributed by atoms with Gasteiger partial charge in [0.25, 0.3) is 0 Å². The van der Waals surface area contributed by atoms with Crippen LogP contribution in [-0.4, -0.2) is 25.2 Å². The van der Waals surface area contributed by atoms with E-state index in [-0.39, 0.29) is 0 Å². The number of aliphatic imine (C=N–C) groups is 2. The number of benzene rings is 2. The Bertz CT molecular complexity index is 649. The third kappa shape index (κ3) is 4.19. The van der Waals surface area contributed by atoms with E-state index in [0.29, 0.717) is 6.61 Å². The van der Waals surface area contributed by atoms with Gasteiger partial charge in [0.05, 0.1) is 13.2 Å². The summed E-state index contributed by atoms with van der Waals surface area (Å²) in [5, 5.41) is 0. The van der Waals surface area contributed by atoms with Crippen LogP contribution >= 0.6 is 0 Å². The minimum atomic E-state index is 0.660. The first-order valence-corrected chi connectivity index (χ1v) is 7.42. The number of para-hydroxylation sites is 1. The molecule has 0 N–H and O–H groups in total. The van der Waals surface area contributed by atoms with Crippen molar-refractivity contribution in [3.05, 3.63) is 54.6 Å². The van der Waals surface area contributed by atoms with Gasteiger partial charge in [0.1, 0.15) is 23.1 Å². The first-order chi connectivity index (χ1) is 10.9. The van der Waals surface area contributed by atoms with Crippen LogP contribution in [0.2, 0.25) is 0 Å². The zero-order chi connectivity index (χ0) is 15.0. The number of rotatable bonds is 7. The van der Waals surface area contributed by atoms with Gasteiger partial charge >= 0.3 is 0 Å². The van der Waals surface area contributed by atoms with Crippen LogP contribution in [0.4, 0.5) is 0 Å². The molecule has 0 saturated carbocycles. The van der Waals surface area contributed by atoms with Crippen LogP contribution in [0.5, 0.6) is 17.2 Å². The smallest absolute Gasteiger partial charge is 0.127 e. The Labute approximate surface area is 130 Å². The molecule has 1 aliphatic heterocycles. The van der Waals surface area contributed by atoms with E-state index in [4.69, 9.17) is 9.47 Å². The average molecular weight is 294 g/mol. The lowest BCUT2D eigenvalue weighted by Gasteiger charge is -2.08. The molecule has 2 aromatic rings. The van der Waals surface area contributed by atoms with Crippen LogP contribution in [0.1, 0.15) is 12.8 Å². The van der Waals surface area contributed by atoms with Gasteiger partial charge < -0.3 is 9.47 Å². The molecule has 22 heavy (non-hydrogen) atoms. The Morgan fingerprint density at radius 3 is 2.32 bits per heavy atom. The summed E-state index contributed by atoms with van der Waals surface area (Å²) in [6.45, 7) is 1.38. The molecule has 4 nitrogen and oxygen atoms in total. The van der Waals surface area contributed by atoms with E-state index in [0.717, 1.165) is 42.5 Å². The summed E-state index contributed by atoms with van der Waals surface area (Å²) in [4.78, 5) is 8.44. The molecule has 0 fully saturated rings. The van der Waals surface area contributed by atoms with E-state index >= 15 is 0 Å². The number of ether oxygens (including phenoxy) is 2. The van der Waals surface area contributed by atoms with Crippen molar-refractivity contribution in [2.45, 2.75) is 12.8 Å². The Morgan fingerprint density at radius 2 is 1.59 bits per heavy atom. The van der Waals surface area contributed by atoms with Gasteiger partial charge in [-0.3, -0.25) is 4.99 Å². The molecule has 0 atom stereocenters. The number of nitrogens with zero attached hydrogens (tertiary/aromatic N) is 2. The summed E-state index contributed by atoms with van der Waals surface area (Å²) in [7, 11) is 0. The fourth-order valence-corrected chi connectivity index (χ4v) is 2.13. The topological polar surface area (TPSA) is 43.2 Å². The molecule has 0 aliphatic carbocycles. The maximum atomic E-state index is 5.74. The van der Waals surface area contributed by atoms with Crippen LogP contribution in [0.3, 0.4) is 0 Å². The average Bonchev–Trinajstić information content (AvgIpc) is 3.07. The van der Waals surface area contributed by atoms with Gasteiger partial charge in [0.2, 0.25) is 0 Å². The lowest BCUT2D eigenvalue weighted by Crippen LogP contribution is -2.00. The van der Waals surface area contributed by atoms with Crippen molar-refractivity contribution in [2.24, 2.45) is 9.98 Å².